The molecule has 1 aliphatic carbocycles. The van der Waals surface area contributed by atoms with E-state index >= 15 is 0 Å². The van der Waals surface area contributed by atoms with Crippen LogP contribution in [0.5, 0.6) is 0 Å². The second kappa shape index (κ2) is 5.18. The van der Waals surface area contributed by atoms with Gasteiger partial charge in [-0.15, -0.1) is 0 Å². The van der Waals surface area contributed by atoms with Crippen molar-refractivity contribution in [3.05, 3.63) is 65.0 Å². The van der Waals surface area contributed by atoms with Crippen LogP contribution in [0.25, 0.3) is 0 Å². The number of aryl methyl sites for hydroxylation is 1. The highest BCUT2D eigenvalue weighted by Gasteiger charge is 2.32. The van der Waals surface area contributed by atoms with Crippen LogP contribution in [-0.4, -0.2) is 0 Å². The van der Waals surface area contributed by atoms with Crippen LogP contribution < -0.4 is 5.32 Å². The molecule has 2 heteroatoms. The lowest BCUT2D eigenvalue weighted by molar-refractivity contribution is 0.406. The van der Waals surface area contributed by atoms with Gasteiger partial charge in [0, 0.05) is 5.69 Å². The van der Waals surface area contributed by atoms with E-state index in [2.05, 4.69) is 43.4 Å². The van der Waals surface area contributed by atoms with Gasteiger partial charge in [0.1, 0.15) is 5.82 Å². The summed E-state index contributed by atoms with van der Waals surface area (Å²) in [5.74, 6) is -0.147. The normalized spacial score (nSPS) is 19.9. The summed E-state index contributed by atoms with van der Waals surface area (Å²) in [6.07, 6.45) is 2.25. The fourth-order valence-electron chi connectivity index (χ4n) is 3.30. The maximum atomic E-state index is 13.4. The zero-order chi connectivity index (χ0) is 15.0. The molecule has 0 aromatic heterocycles. The third-order valence-corrected chi connectivity index (χ3v) is 4.62. The summed E-state index contributed by atoms with van der Waals surface area (Å²) in [6, 6.07) is 14.2. The van der Waals surface area contributed by atoms with Crippen LogP contribution in [0.15, 0.2) is 42.5 Å². The van der Waals surface area contributed by atoms with Crippen LogP contribution in [0.1, 0.15) is 49.4 Å². The molecule has 0 spiro atoms. The van der Waals surface area contributed by atoms with Gasteiger partial charge in [-0.05, 0) is 60.1 Å². The quantitative estimate of drug-likeness (QED) is 0.782. The summed E-state index contributed by atoms with van der Waals surface area (Å²) >= 11 is 0. The van der Waals surface area contributed by atoms with Gasteiger partial charge < -0.3 is 5.32 Å². The Morgan fingerprint density at radius 3 is 2.67 bits per heavy atom. The van der Waals surface area contributed by atoms with Crippen molar-refractivity contribution in [1.29, 1.82) is 0 Å². The minimum Gasteiger partial charge on any atom is -0.378 e. The lowest BCUT2D eigenvalue weighted by Gasteiger charge is -2.37. The number of rotatable bonds is 2. The van der Waals surface area contributed by atoms with Crippen molar-refractivity contribution < 1.29 is 4.39 Å². The van der Waals surface area contributed by atoms with Gasteiger partial charge in [-0.25, -0.2) is 4.39 Å². The number of anilines is 1. The monoisotopic (exact) mass is 283 g/mol. The van der Waals surface area contributed by atoms with Crippen molar-refractivity contribution in [2.75, 3.05) is 5.32 Å². The molecule has 1 unspecified atom stereocenters. The van der Waals surface area contributed by atoms with Crippen molar-refractivity contribution in [2.24, 2.45) is 0 Å². The van der Waals surface area contributed by atoms with Crippen LogP contribution >= 0.6 is 0 Å². The molecule has 2 aromatic carbocycles. The molecule has 0 saturated heterocycles. The van der Waals surface area contributed by atoms with E-state index in [9.17, 15) is 4.39 Å². The van der Waals surface area contributed by atoms with Crippen molar-refractivity contribution in [3.63, 3.8) is 0 Å². The number of benzene rings is 2. The molecular formula is C19H22FN. The summed E-state index contributed by atoms with van der Waals surface area (Å²) in [5, 5.41) is 3.58. The Balaban J connectivity index is 1.92. The second-order valence-corrected chi connectivity index (χ2v) is 6.67. The Bertz CT molecular complexity index is 660. The molecule has 0 radical (unpaired) electrons. The van der Waals surface area contributed by atoms with Gasteiger partial charge in [0.15, 0.2) is 0 Å². The van der Waals surface area contributed by atoms with Crippen LogP contribution in [0.2, 0.25) is 0 Å². The van der Waals surface area contributed by atoms with Gasteiger partial charge in [0.2, 0.25) is 0 Å². The van der Waals surface area contributed by atoms with Crippen LogP contribution in [0.4, 0.5) is 10.1 Å². The topological polar surface area (TPSA) is 12.0 Å². The zero-order valence-electron chi connectivity index (χ0n) is 12.9. The lowest BCUT2D eigenvalue weighted by Crippen LogP contribution is -2.29. The molecule has 0 saturated carbocycles. The Kier molecular flexibility index (Phi) is 3.48. The fraction of sp³-hybridized carbons (Fsp3) is 0.368. The van der Waals surface area contributed by atoms with Gasteiger partial charge in [-0.1, -0.05) is 38.1 Å². The minimum atomic E-state index is -0.147. The van der Waals surface area contributed by atoms with Crippen LogP contribution in [-0.2, 0) is 5.41 Å². The first-order valence-electron chi connectivity index (χ1n) is 7.59. The first kappa shape index (κ1) is 14.1. The van der Waals surface area contributed by atoms with E-state index in [1.165, 1.54) is 17.2 Å². The molecule has 0 aliphatic heterocycles. The average Bonchev–Trinajstić information content (AvgIpc) is 2.46. The second-order valence-electron chi connectivity index (χ2n) is 6.67. The average molecular weight is 283 g/mol. The summed E-state index contributed by atoms with van der Waals surface area (Å²) in [4.78, 5) is 0. The summed E-state index contributed by atoms with van der Waals surface area (Å²) in [7, 11) is 0. The predicted octanol–water partition coefficient (Wildman–Crippen LogP) is 5.36. The standard InChI is InChI=1S/C19H22FN/c1-13-12-14(8-9-17(13)20)21-18-10-11-19(2,3)16-7-5-4-6-15(16)18/h4-9,12,18,21H,10-11H2,1-3H3. The van der Waals surface area contributed by atoms with Crippen molar-refractivity contribution in [3.8, 4) is 0 Å². The van der Waals surface area contributed by atoms with Crippen molar-refractivity contribution in [2.45, 2.75) is 45.1 Å². The predicted molar refractivity (Wildman–Crippen MR) is 86.2 cm³/mol. The summed E-state index contributed by atoms with van der Waals surface area (Å²) < 4.78 is 13.4. The Morgan fingerprint density at radius 2 is 1.90 bits per heavy atom. The first-order valence-corrected chi connectivity index (χ1v) is 7.59. The number of nitrogens with one attached hydrogen (secondary N) is 1. The maximum absolute atomic E-state index is 13.4. The van der Waals surface area contributed by atoms with E-state index in [0.717, 1.165) is 18.5 Å². The highest BCUT2D eigenvalue weighted by Crippen LogP contribution is 2.42. The molecule has 21 heavy (non-hydrogen) atoms. The third-order valence-electron chi connectivity index (χ3n) is 4.62. The van der Waals surface area contributed by atoms with E-state index in [1.54, 1.807) is 6.92 Å². The molecule has 1 N–H and O–H groups in total. The minimum absolute atomic E-state index is 0.147. The van der Waals surface area contributed by atoms with Gasteiger partial charge in [0.25, 0.3) is 0 Å². The molecule has 0 fully saturated rings. The van der Waals surface area contributed by atoms with Gasteiger partial charge in [0.05, 0.1) is 6.04 Å². The summed E-state index contributed by atoms with van der Waals surface area (Å²) in [6.45, 7) is 6.42. The summed E-state index contributed by atoms with van der Waals surface area (Å²) in [5.41, 5.74) is 4.70. The van der Waals surface area contributed by atoms with E-state index < -0.39 is 0 Å². The molecule has 0 amide bonds. The number of hydrogen-bond donors (Lipinski definition) is 1. The molecule has 1 nitrogen and oxygen atoms in total. The molecule has 1 aliphatic rings. The van der Waals surface area contributed by atoms with Crippen LogP contribution in [0.3, 0.4) is 0 Å². The number of hydrogen-bond acceptors (Lipinski definition) is 1. The Morgan fingerprint density at radius 1 is 1.14 bits per heavy atom. The Hall–Kier alpha value is -1.83. The maximum Gasteiger partial charge on any atom is 0.126 e. The van der Waals surface area contributed by atoms with Gasteiger partial charge in [-0.3, -0.25) is 0 Å². The molecule has 3 rings (SSSR count). The Labute approximate surface area is 126 Å². The molecule has 0 heterocycles. The molecule has 1 atom stereocenters. The molecule has 110 valence electrons. The highest BCUT2D eigenvalue weighted by atomic mass is 19.1. The van der Waals surface area contributed by atoms with E-state index in [1.807, 2.05) is 12.1 Å². The van der Waals surface area contributed by atoms with E-state index in [-0.39, 0.29) is 11.2 Å². The van der Waals surface area contributed by atoms with Crippen molar-refractivity contribution in [1.82, 2.24) is 0 Å². The molecular weight excluding hydrogens is 261 g/mol. The number of fused-ring (bicyclic) bond motifs is 1. The van der Waals surface area contributed by atoms with Crippen LogP contribution in [0, 0.1) is 12.7 Å². The first-order chi connectivity index (χ1) is 9.97. The van der Waals surface area contributed by atoms with E-state index in [4.69, 9.17) is 0 Å². The zero-order valence-corrected chi connectivity index (χ0v) is 12.9. The smallest absolute Gasteiger partial charge is 0.126 e. The lowest BCUT2D eigenvalue weighted by atomic mass is 9.71. The van der Waals surface area contributed by atoms with Crippen molar-refractivity contribution >= 4 is 5.69 Å². The molecule has 0 bridgehead atoms. The SMILES string of the molecule is Cc1cc(NC2CCC(C)(C)c3ccccc32)ccc1F. The highest BCUT2D eigenvalue weighted by molar-refractivity contribution is 5.50. The van der Waals surface area contributed by atoms with E-state index in [0.29, 0.717) is 11.6 Å². The van der Waals surface area contributed by atoms with Gasteiger partial charge >= 0.3 is 0 Å². The van der Waals surface area contributed by atoms with Gasteiger partial charge in [-0.2, -0.15) is 0 Å². The largest absolute Gasteiger partial charge is 0.378 e. The number of halogens is 1. The fourth-order valence-corrected chi connectivity index (χ4v) is 3.30. The third kappa shape index (κ3) is 2.67. The molecule has 2 aromatic rings.